The molecule has 0 aliphatic heterocycles. The molecular formula is C12H16ClNO. The maximum absolute atomic E-state index is 11.3. The lowest BCUT2D eigenvalue weighted by atomic mass is 9.93. The van der Waals surface area contributed by atoms with E-state index in [-0.39, 0.29) is 11.7 Å². The SMILES string of the molecule is CCC(=O)C[C@H](CN)c1ccc(Cl)cc1. The third-order valence-electron chi connectivity index (χ3n) is 2.49. The minimum absolute atomic E-state index is 0.120. The topological polar surface area (TPSA) is 43.1 Å². The number of nitrogens with two attached hydrogens (primary N) is 1. The Morgan fingerprint density at radius 3 is 2.47 bits per heavy atom. The summed E-state index contributed by atoms with van der Waals surface area (Å²) in [5.41, 5.74) is 6.75. The Kier molecular flexibility index (Phi) is 4.79. The van der Waals surface area contributed by atoms with E-state index < -0.39 is 0 Å². The van der Waals surface area contributed by atoms with Gasteiger partial charge in [0.15, 0.2) is 0 Å². The molecule has 0 unspecified atom stereocenters. The Hall–Kier alpha value is -0.860. The molecule has 1 aromatic rings. The van der Waals surface area contributed by atoms with Gasteiger partial charge in [0.2, 0.25) is 0 Å². The van der Waals surface area contributed by atoms with Crippen molar-refractivity contribution in [2.24, 2.45) is 5.73 Å². The van der Waals surface area contributed by atoms with Crippen molar-refractivity contribution in [2.75, 3.05) is 6.54 Å². The molecule has 0 fully saturated rings. The van der Waals surface area contributed by atoms with Crippen LogP contribution < -0.4 is 5.73 Å². The highest BCUT2D eigenvalue weighted by atomic mass is 35.5. The highest BCUT2D eigenvalue weighted by Gasteiger charge is 2.13. The van der Waals surface area contributed by atoms with Crippen molar-refractivity contribution in [3.63, 3.8) is 0 Å². The molecule has 1 aromatic carbocycles. The summed E-state index contributed by atoms with van der Waals surface area (Å²) in [5, 5.41) is 0.705. The van der Waals surface area contributed by atoms with Gasteiger partial charge in [-0.1, -0.05) is 30.7 Å². The van der Waals surface area contributed by atoms with Crippen molar-refractivity contribution in [3.8, 4) is 0 Å². The lowest BCUT2D eigenvalue weighted by molar-refractivity contribution is -0.119. The van der Waals surface area contributed by atoms with Gasteiger partial charge >= 0.3 is 0 Å². The number of carbonyl (C=O) groups is 1. The second-order valence-electron chi connectivity index (χ2n) is 3.58. The van der Waals surface area contributed by atoms with E-state index in [1.54, 1.807) is 0 Å². The monoisotopic (exact) mass is 225 g/mol. The first-order valence-corrected chi connectivity index (χ1v) is 5.52. The summed E-state index contributed by atoms with van der Waals surface area (Å²) >= 11 is 5.79. The number of ketones is 1. The number of rotatable bonds is 5. The van der Waals surface area contributed by atoms with Crippen LogP contribution in [0.1, 0.15) is 31.2 Å². The van der Waals surface area contributed by atoms with E-state index in [4.69, 9.17) is 17.3 Å². The van der Waals surface area contributed by atoms with Crippen LogP contribution in [0.3, 0.4) is 0 Å². The van der Waals surface area contributed by atoms with Gasteiger partial charge in [0, 0.05) is 23.8 Å². The molecule has 82 valence electrons. The van der Waals surface area contributed by atoms with E-state index in [0.717, 1.165) is 5.56 Å². The maximum Gasteiger partial charge on any atom is 0.133 e. The summed E-state index contributed by atoms with van der Waals surface area (Å²) in [6.45, 7) is 2.37. The smallest absolute Gasteiger partial charge is 0.133 e. The van der Waals surface area contributed by atoms with E-state index >= 15 is 0 Å². The van der Waals surface area contributed by atoms with Crippen LogP contribution in [0.25, 0.3) is 0 Å². The molecule has 0 amide bonds. The van der Waals surface area contributed by atoms with Crippen LogP contribution >= 0.6 is 11.6 Å². The van der Waals surface area contributed by atoms with Gasteiger partial charge in [0.05, 0.1) is 0 Å². The van der Waals surface area contributed by atoms with E-state index in [1.165, 1.54) is 0 Å². The van der Waals surface area contributed by atoms with Crippen molar-refractivity contribution in [3.05, 3.63) is 34.9 Å². The zero-order valence-electron chi connectivity index (χ0n) is 8.87. The Bertz CT molecular complexity index is 321. The summed E-state index contributed by atoms with van der Waals surface area (Å²) in [6.07, 6.45) is 1.10. The summed E-state index contributed by atoms with van der Waals surface area (Å²) in [4.78, 5) is 11.3. The quantitative estimate of drug-likeness (QED) is 0.838. The van der Waals surface area contributed by atoms with Crippen molar-refractivity contribution in [1.29, 1.82) is 0 Å². The second-order valence-corrected chi connectivity index (χ2v) is 4.02. The van der Waals surface area contributed by atoms with Gasteiger partial charge in [-0.15, -0.1) is 0 Å². The highest BCUT2D eigenvalue weighted by Crippen LogP contribution is 2.21. The number of Topliss-reactive ketones (excluding diaryl/α,β-unsaturated/α-hetero) is 1. The molecule has 3 heteroatoms. The van der Waals surface area contributed by atoms with Crippen LogP contribution in [0.4, 0.5) is 0 Å². The van der Waals surface area contributed by atoms with Gasteiger partial charge in [0.1, 0.15) is 5.78 Å². The molecule has 15 heavy (non-hydrogen) atoms. The van der Waals surface area contributed by atoms with Crippen molar-refractivity contribution in [1.82, 2.24) is 0 Å². The average molecular weight is 226 g/mol. The Balaban J connectivity index is 2.74. The number of benzene rings is 1. The molecule has 0 bridgehead atoms. The van der Waals surface area contributed by atoms with E-state index in [0.29, 0.717) is 24.4 Å². The molecule has 1 atom stereocenters. The van der Waals surface area contributed by atoms with Gasteiger partial charge in [0.25, 0.3) is 0 Å². The van der Waals surface area contributed by atoms with Crippen LogP contribution in [-0.2, 0) is 4.79 Å². The molecular weight excluding hydrogens is 210 g/mol. The number of halogens is 1. The van der Waals surface area contributed by atoms with E-state index in [9.17, 15) is 4.79 Å². The number of carbonyl (C=O) groups excluding carboxylic acids is 1. The molecule has 0 saturated carbocycles. The van der Waals surface area contributed by atoms with E-state index in [2.05, 4.69) is 0 Å². The van der Waals surface area contributed by atoms with Crippen molar-refractivity contribution >= 4 is 17.4 Å². The third kappa shape index (κ3) is 3.65. The normalized spacial score (nSPS) is 12.5. The molecule has 0 aromatic heterocycles. The fraction of sp³-hybridized carbons (Fsp3) is 0.417. The van der Waals surface area contributed by atoms with Crippen LogP contribution in [0, 0.1) is 0 Å². The summed E-state index contributed by atoms with van der Waals surface area (Å²) in [5.74, 6) is 0.370. The molecule has 2 N–H and O–H groups in total. The van der Waals surface area contributed by atoms with Crippen LogP contribution in [0.15, 0.2) is 24.3 Å². The van der Waals surface area contributed by atoms with Gasteiger partial charge in [-0.05, 0) is 24.2 Å². The Morgan fingerprint density at radius 1 is 1.40 bits per heavy atom. The van der Waals surface area contributed by atoms with Gasteiger partial charge in [-0.25, -0.2) is 0 Å². The molecule has 1 rings (SSSR count). The Morgan fingerprint density at radius 2 is 2.00 bits per heavy atom. The number of hydrogen-bond donors (Lipinski definition) is 1. The first-order chi connectivity index (χ1) is 7.17. The molecule has 0 aliphatic carbocycles. The molecule has 0 aliphatic rings. The minimum Gasteiger partial charge on any atom is -0.330 e. The lowest BCUT2D eigenvalue weighted by Crippen LogP contribution is -2.16. The van der Waals surface area contributed by atoms with Crippen LogP contribution in [-0.4, -0.2) is 12.3 Å². The standard InChI is InChI=1S/C12H16ClNO/c1-2-12(15)7-10(8-14)9-3-5-11(13)6-4-9/h3-6,10H,2,7-8,14H2,1H3/t10-/m1/s1. The van der Waals surface area contributed by atoms with Crippen LogP contribution in [0.5, 0.6) is 0 Å². The predicted molar refractivity (Wildman–Crippen MR) is 63.2 cm³/mol. The molecule has 0 heterocycles. The molecule has 0 saturated heterocycles. The third-order valence-corrected chi connectivity index (χ3v) is 2.75. The fourth-order valence-electron chi connectivity index (χ4n) is 1.49. The minimum atomic E-state index is 0.120. The second kappa shape index (κ2) is 5.89. The van der Waals surface area contributed by atoms with Gasteiger partial charge < -0.3 is 5.73 Å². The molecule has 2 nitrogen and oxygen atoms in total. The fourth-order valence-corrected chi connectivity index (χ4v) is 1.62. The summed E-state index contributed by atoms with van der Waals surface area (Å²) < 4.78 is 0. The van der Waals surface area contributed by atoms with Gasteiger partial charge in [-0.2, -0.15) is 0 Å². The van der Waals surface area contributed by atoms with Crippen molar-refractivity contribution < 1.29 is 4.79 Å². The zero-order valence-corrected chi connectivity index (χ0v) is 9.63. The number of hydrogen-bond acceptors (Lipinski definition) is 2. The zero-order chi connectivity index (χ0) is 11.3. The first kappa shape index (κ1) is 12.2. The summed E-state index contributed by atoms with van der Waals surface area (Å²) in [7, 11) is 0. The largest absolute Gasteiger partial charge is 0.330 e. The summed E-state index contributed by atoms with van der Waals surface area (Å²) in [6, 6.07) is 7.53. The maximum atomic E-state index is 11.3. The first-order valence-electron chi connectivity index (χ1n) is 5.14. The molecule has 0 spiro atoms. The highest BCUT2D eigenvalue weighted by molar-refractivity contribution is 6.30. The molecule has 0 radical (unpaired) electrons. The Labute approximate surface area is 95.4 Å². The average Bonchev–Trinajstić information content (AvgIpc) is 2.27. The van der Waals surface area contributed by atoms with Gasteiger partial charge in [-0.3, -0.25) is 4.79 Å². The predicted octanol–water partition coefficient (Wildman–Crippen LogP) is 2.75. The lowest BCUT2D eigenvalue weighted by Gasteiger charge is -2.13. The van der Waals surface area contributed by atoms with E-state index in [1.807, 2.05) is 31.2 Å². The van der Waals surface area contributed by atoms with Crippen LogP contribution in [0.2, 0.25) is 5.02 Å². The van der Waals surface area contributed by atoms with Crippen molar-refractivity contribution in [2.45, 2.75) is 25.7 Å².